The van der Waals surface area contributed by atoms with E-state index in [2.05, 4.69) is 5.32 Å². The summed E-state index contributed by atoms with van der Waals surface area (Å²) in [6.07, 6.45) is 0. The average Bonchev–Trinajstić information content (AvgIpc) is 2.15. The SMILES string of the molecule is CNc1cc(OC)cc(F)c1C(=O)O. The lowest BCUT2D eigenvalue weighted by atomic mass is 10.1. The van der Waals surface area contributed by atoms with Gasteiger partial charge in [-0.15, -0.1) is 0 Å². The van der Waals surface area contributed by atoms with E-state index in [1.807, 2.05) is 0 Å². The summed E-state index contributed by atoms with van der Waals surface area (Å²) in [7, 11) is 2.90. The molecule has 2 N–H and O–H groups in total. The summed E-state index contributed by atoms with van der Waals surface area (Å²) in [5.41, 5.74) is -0.192. The second-order valence-electron chi connectivity index (χ2n) is 2.59. The lowest BCUT2D eigenvalue weighted by Gasteiger charge is -2.08. The predicted molar refractivity (Wildman–Crippen MR) is 49.5 cm³/mol. The van der Waals surface area contributed by atoms with Crippen LogP contribution in [0.1, 0.15) is 10.4 Å². The highest BCUT2D eigenvalue weighted by molar-refractivity contribution is 5.94. The Balaban J connectivity index is 3.34. The molecule has 1 aromatic carbocycles. The summed E-state index contributed by atoms with van der Waals surface area (Å²) >= 11 is 0. The summed E-state index contributed by atoms with van der Waals surface area (Å²) < 4.78 is 18.0. The number of hydrogen-bond acceptors (Lipinski definition) is 3. The Hall–Kier alpha value is -1.78. The molecule has 1 rings (SSSR count). The molecule has 0 radical (unpaired) electrons. The van der Waals surface area contributed by atoms with Crippen LogP contribution in [0.4, 0.5) is 10.1 Å². The van der Waals surface area contributed by atoms with Gasteiger partial charge in [0.15, 0.2) is 0 Å². The van der Waals surface area contributed by atoms with Gasteiger partial charge in [-0.3, -0.25) is 0 Å². The smallest absolute Gasteiger partial charge is 0.340 e. The van der Waals surface area contributed by atoms with Gasteiger partial charge in [0.1, 0.15) is 17.1 Å². The van der Waals surface area contributed by atoms with Crippen LogP contribution in [0, 0.1) is 5.82 Å². The molecule has 0 bridgehead atoms. The molecule has 0 unspecified atom stereocenters. The maximum Gasteiger partial charge on any atom is 0.340 e. The Morgan fingerprint density at radius 2 is 2.21 bits per heavy atom. The maximum absolute atomic E-state index is 13.2. The first-order valence-electron chi connectivity index (χ1n) is 3.88. The number of nitrogens with one attached hydrogen (secondary N) is 1. The minimum absolute atomic E-state index is 0.189. The molecule has 0 atom stereocenters. The van der Waals surface area contributed by atoms with Crippen LogP contribution in [0.2, 0.25) is 0 Å². The van der Waals surface area contributed by atoms with E-state index in [0.717, 1.165) is 6.07 Å². The second-order valence-corrected chi connectivity index (χ2v) is 2.59. The number of benzene rings is 1. The molecule has 1 aromatic rings. The maximum atomic E-state index is 13.2. The van der Waals surface area contributed by atoms with Crippen LogP contribution in [-0.4, -0.2) is 25.2 Å². The topological polar surface area (TPSA) is 58.6 Å². The Labute approximate surface area is 80.3 Å². The minimum atomic E-state index is -1.31. The highest BCUT2D eigenvalue weighted by Crippen LogP contribution is 2.25. The van der Waals surface area contributed by atoms with Crippen molar-refractivity contribution in [2.24, 2.45) is 0 Å². The van der Waals surface area contributed by atoms with Crippen molar-refractivity contribution in [3.05, 3.63) is 23.5 Å². The molecule has 0 aliphatic heterocycles. The lowest BCUT2D eigenvalue weighted by molar-refractivity contribution is 0.0693. The fourth-order valence-corrected chi connectivity index (χ4v) is 1.11. The summed E-state index contributed by atoms with van der Waals surface area (Å²) in [6.45, 7) is 0. The van der Waals surface area contributed by atoms with Crippen molar-refractivity contribution in [1.29, 1.82) is 0 Å². The van der Waals surface area contributed by atoms with Gasteiger partial charge >= 0.3 is 5.97 Å². The number of carboxylic acids is 1. The van der Waals surface area contributed by atoms with E-state index in [9.17, 15) is 9.18 Å². The van der Waals surface area contributed by atoms with Crippen LogP contribution in [-0.2, 0) is 0 Å². The quantitative estimate of drug-likeness (QED) is 0.775. The third-order valence-corrected chi connectivity index (χ3v) is 1.78. The molecular formula is C9H10FNO3. The number of aromatic carboxylic acids is 1. The Morgan fingerprint density at radius 1 is 1.57 bits per heavy atom. The summed E-state index contributed by atoms with van der Waals surface area (Å²) in [5, 5.41) is 11.3. The zero-order valence-electron chi connectivity index (χ0n) is 7.80. The molecule has 0 aliphatic carbocycles. The number of hydrogen-bond donors (Lipinski definition) is 2. The molecule has 0 aliphatic rings. The average molecular weight is 199 g/mol. The van der Waals surface area contributed by atoms with Gasteiger partial charge in [0.05, 0.1) is 12.8 Å². The number of methoxy groups -OCH3 is 1. The van der Waals surface area contributed by atoms with E-state index in [-0.39, 0.29) is 17.0 Å². The molecule has 0 heterocycles. The molecule has 76 valence electrons. The molecule has 0 aromatic heterocycles. The van der Waals surface area contributed by atoms with Gasteiger partial charge in [-0.2, -0.15) is 0 Å². The molecule has 4 nitrogen and oxygen atoms in total. The zero-order chi connectivity index (χ0) is 10.7. The van der Waals surface area contributed by atoms with E-state index in [1.165, 1.54) is 20.2 Å². The zero-order valence-corrected chi connectivity index (χ0v) is 7.80. The third kappa shape index (κ3) is 1.76. The van der Waals surface area contributed by atoms with Gasteiger partial charge in [-0.05, 0) is 0 Å². The number of rotatable bonds is 3. The largest absolute Gasteiger partial charge is 0.497 e. The molecule has 0 amide bonds. The monoisotopic (exact) mass is 199 g/mol. The number of ether oxygens (including phenoxy) is 1. The number of halogens is 1. The van der Waals surface area contributed by atoms with Gasteiger partial charge in [0.2, 0.25) is 0 Å². The van der Waals surface area contributed by atoms with E-state index in [0.29, 0.717) is 0 Å². The summed E-state index contributed by atoms with van der Waals surface area (Å²) in [4.78, 5) is 10.7. The molecule has 0 fully saturated rings. The van der Waals surface area contributed by atoms with Gasteiger partial charge in [-0.25, -0.2) is 9.18 Å². The lowest BCUT2D eigenvalue weighted by Crippen LogP contribution is -2.06. The first-order chi connectivity index (χ1) is 6.60. The van der Waals surface area contributed by atoms with Gasteiger partial charge in [0.25, 0.3) is 0 Å². The minimum Gasteiger partial charge on any atom is -0.497 e. The third-order valence-electron chi connectivity index (χ3n) is 1.78. The molecule has 0 saturated heterocycles. The van der Waals surface area contributed by atoms with Crippen molar-refractivity contribution in [2.45, 2.75) is 0 Å². The predicted octanol–water partition coefficient (Wildman–Crippen LogP) is 1.57. The Kier molecular flexibility index (Phi) is 2.91. The Morgan fingerprint density at radius 3 is 2.64 bits per heavy atom. The first kappa shape index (κ1) is 10.3. The Bertz CT molecular complexity index is 365. The van der Waals surface area contributed by atoms with Gasteiger partial charge < -0.3 is 15.2 Å². The fraction of sp³-hybridized carbons (Fsp3) is 0.222. The van der Waals surface area contributed by atoms with Crippen LogP contribution in [0.5, 0.6) is 5.75 Å². The van der Waals surface area contributed by atoms with Crippen LogP contribution in [0.15, 0.2) is 12.1 Å². The van der Waals surface area contributed by atoms with E-state index >= 15 is 0 Å². The second kappa shape index (κ2) is 3.95. The fourth-order valence-electron chi connectivity index (χ4n) is 1.11. The molecule has 0 saturated carbocycles. The standard InChI is InChI=1S/C9H10FNO3/c1-11-7-4-5(14-2)3-6(10)8(7)9(12)13/h3-4,11H,1-2H3,(H,12,13). The summed E-state index contributed by atoms with van der Waals surface area (Å²) in [6, 6.07) is 2.46. The molecular weight excluding hydrogens is 189 g/mol. The van der Waals surface area contributed by atoms with Crippen molar-refractivity contribution in [1.82, 2.24) is 0 Å². The van der Waals surface area contributed by atoms with Crippen LogP contribution < -0.4 is 10.1 Å². The molecule has 5 heteroatoms. The molecule has 14 heavy (non-hydrogen) atoms. The molecule has 0 spiro atoms. The number of carbonyl (C=O) groups is 1. The van der Waals surface area contributed by atoms with Crippen molar-refractivity contribution in [2.75, 3.05) is 19.5 Å². The van der Waals surface area contributed by atoms with Gasteiger partial charge in [0, 0.05) is 19.2 Å². The van der Waals surface area contributed by atoms with Crippen LogP contribution in [0.3, 0.4) is 0 Å². The van der Waals surface area contributed by atoms with Crippen molar-refractivity contribution in [3.8, 4) is 5.75 Å². The van der Waals surface area contributed by atoms with E-state index < -0.39 is 11.8 Å². The van der Waals surface area contributed by atoms with Crippen LogP contribution >= 0.6 is 0 Å². The summed E-state index contributed by atoms with van der Waals surface area (Å²) in [5.74, 6) is -1.85. The highest BCUT2D eigenvalue weighted by Gasteiger charge is 2.16. The van der Waals surface area contributed by atoms with Crippen molar-refractivity contribution >= 4 is 11.7 Å². The normalized spacial score (nSPS) is 9.64. The van der Waals surface area contributed by atoms with E-state index in [1.54, 1.807) is 0 Å². The highest BCUT2D eigenvalue weighted by atomic mass is 19.1. The van der Waals surface area contributed by atoms with Crippen molar-refractivity contribution in [3.63, 3.8) is 0 Å². The van der Waals surface area contributed by atoms with Crippen LogP contribution in [0.25, 0.3) is 0 Å². The van der Waals surface area contributed by atoms with Crippen molar-refractivity contribution < 1.29 is 19.0 Å². The number of anilines is 1. The number of carboxylic acid groups (broad SMARTS) is 1. The van der Waals surface area contributed by atoms with Gasteiger partial charge in [-0.1, -0.05) is 0 Å². The van der Waals surface area contributed by atoms with E-state index in [4.69, 9.17) is 9.84 Å². The first-order valence-corrected chi connectivity index (χ1v) is 3.88.